The minimum Gasteiger partial charge on any atom is -0.411 e. The molecule has 0 spiro atoms. The summed E-state index contributed by atoms with van der Waals surface area (Å²) in [5.41, 5.74) is 1.76. The van der Waals surface area contributed by atoms with Crippen LogP contribution in [0.3, 0.4) is 0 Å². The van der Waals surface area contributed by atoms with Gasteiger partial charge in [-0.3, -0.25) is 4.79 Å². The van der Waals surface area contributed by atoms with Gasteiger partial charge < -0.3 is 9.73 Å². The fourth-order valence-corrected chi connectivity index (χ4v) is 2.75. The van der Waals surface area contributed by atoms with Crippen molar-refractivity contribution in [1.82, 2.24) is 10.2 Å². The van der Waals surface area contributed by atoms with Crippen LogP contribution in [0.4, 0.5) is 5.69 Å². The van der Waals surface area contributed by atoms with E-state index in [4.69, 9.17) is 21.3 Å². The van der Waals surface area contributed by atoms with E-state index in [-0.39, 0.29) is 16.9 Å². The second kappa shape index (κ2) is 7.83. The largest absolute Gasteiger partial charge is 0.411 e. The van der Waals surface area contributed by atoms with Crippen molar-refractivity contribution >= 4 is 35.0 Å². The standard InChI is InChI=1S/C17H11ClN4O2S/c18-13-5-2-4-12(8-13)16-21-22-17(24-16)25-10-15(23)20-14-6-1-3-11(7-14)9-19/h1-8H,10H2,(H,20,23). The fourth-order valence-electron chi connectivity index (χ4n) is 2.00. The molecule has 8 heteroatoms. The van der Waals surface area contributed by atoms with Crippen molar-refractivity contribution in [2.75, 3.05) is 11.1 Å². The lowest BCUT2D eigenvalue weighted by molar-refractivity contribution is -0.113. The van der Waals surface area contributed by atoms with E-state index in [1.807, 2.05) is 12.1 Å². The normalized spacial score (nSPS) is 10.2. The minimum atomic E-state index is -0.234. The fraction of sp³-hybridized carbons (Fsp3) is 0.0588. The Hall–Kier alpha value is -2.82. The summed E-state index contributed by atoms with van der Waals surface area (Å²) in [6.07, 6.45) is 0. The Balaban J connectivity index is 1.58. The number of rotatable bonds is 5. The Morgan fingerprint density at radius 2 is 2.08 bits per heavy atom. The van der Waals surface area contributed by atoms with Crippen molar-refractivity contribution in [2.45, 2.75) is 5.22 Å². The molecule has 0 saturated heterocycles. The number of anilines is 1. The number of nitrogens with zero attached hydrogens (tertiary/aromatic N) is 3. The molecule has 0 fully saturated rings. The molecule has 0 aliphatic carbocycles. The molecule has 1 N–H and O–H groups in total. The van der Waals surface area contributed by atoms with Gasteiger partial charge in [-0.1, -0.05) is 35.5 Å². The molecule has 3 aromatic rings. The van der Waals surface area contributed by atoms with Gasteiger partial charge in [0, 0.05) is 16.3 Å². The summed E-state index contributed by atoms with van der Waals surface area (Å²) in [4.78, 5) is 12.0. The van der Waals surface area contributed by atoms with Gasteiger partial charge in [0.2, 0.25) is 11.8 Å². The van der Waals surface area contributed by atoms with Gasteiger partial charge in [0.25, 0.3) is 5.22 Å². The molecule has 2 aromatic carbocycles. The highest BCUT2D eigenvalue weighted by atomic mass is 35.5. The molecule has 0 aliphatic rings. The van der Waals surface area contributed by atoms with E-state index >= 15 is 0 Å². The molecule has 0 radical (unpaired) electrons. The molecular formula is C17H11ClN4O2S. The summed E-state index contributed by atoms with van der Waals surface area (Å²) >= 11 is 7.06. The van der Waals surface area contributed by atoms with E-state index in [0.29, 0.717) is 27.7 Å². The smallest absolute Gasteiger partial charge is 0.277 e. The molecule has 1 heterocycles. The number of hydrogen-bond acceptors (Lipinski definition) is 6. The number of nitrogens with one attached hydrogen (secondary N) is 1. The van der Waals surface area contributed by atoms with Crippen LogP contribution in [-0.4, -0.2) is 21.9 Å². The molecule has 0 unspecified atom stereocenters. The molecule has 0 atom stereocenters. The Morgan fingerprint density at radius 3 is 2.88 bits per heavy atom. The van der Waals surface area contributed by atoms with Crippen LogP contribution in [0.2, 0.25) is 5.02 Å². The highest BCUT2D eigenvalue weighted by molar-refractivity contribution is 7.99. The highest BCUT2D eigenvalue weighted by Crippen LogP contribution is 2.25. The van der Waals surface area contributed by atoms with Crippen molar-refractivity contribution in [3.63, 3.8) is 0 Å². The number of hydrogen-bond donors (Lipinski definition) is 1. The molecule has 25 heavy (non-hydrogen) atoms. The Bertz CT molecular complexity index is 952. The number of carbonyl (C=O) groups excluding carboxylic acids is 1. The van der Waals surface area contributed by atoms with Gasteiger partial charge in [0.05, 0.1) is 17.4 Å². The SMILES string of the molecule is N#Cc1cccc(NC(=O)CSc2nnc(-c3cccc(Cl)c3)o2)c1. The first-order valence-corrected chi connectivity index (χ1v) is 8.52. The molecule has 3 rings (SSSR count). The van der Waals surface area contributed by atoms with E-state index < -0.39 is 0 Å². The summed E-state index contributed by atoms with van der Waals surface area (Å²) in [7, 11) is 0. The van der Waals surface area contributed by atoms with Crippen molar-refractivity contribution < 1.29 is 9.21 Å². The average Bonchev–Trinajstić information content (AvgIpc) is 3.09. The summed E-state index contributed by atoms with van der Waals surface area (Å²) in [6, 6.07) is 15.8. The van der Waals surface area contributed by atoms with Gasteiger partial charge in [-0.05, 0) is 36.4 Å². The maximum absolute atomic E-state index is 12.0. The number of carbonyl (C=O) groups is 1. The summed E-state index contributed by atoms with van der Waals surface area (Å²) in [5.74, 6) is 0.211. The molecule has 124 valence electrons. The predicted octanol–water partition coefficient (Wildman–Crippen LogP) is 3.99. The molecule has 0 aliphatic heterocycles. The molecular weight excluding hydrogens is 360 g/mol. The quantitative estimate of drug-likeness (QED) is 0.682. The zero-order chi connectivity index (χ0) is 17.6. The number of aromatic nitrogens is 2. The van der Waals surface area contributed by atoms with Gasteiger partial charge in [0.1, 0.15) is 0 Å². The highest BCUT2D eigenvalue weighted by Gasteiger charge is 2.12. The van der Waals surface area contributed by atoms with Gasteiger partial charge >= 0.3 is 0 Å². The third-order valence-electron chi connectivity index (χ3n) is 3.08. The third kappa shape index (κ3) is 4.59. The number of halogens is 1. The van der Waals surface area contributed by atoms with Crippen LogP contribution in [-0.2, 0) is 4.79 Å². The van der Waals surface area contributed by atoms with E-state index in [2.05, 4.69) is 15.5 Å². The molecule has 0 bridgehead atoms. The number of thioether (sulfide) groups is 1. The molecule has 6 nitrogen and oxygen atoms in total. The lowest BCUT2D eigenvalue weighted by Crippen LogP contribution is -2.14. The van der Waals surface area contributed by atoms with Crippen molar-refractivity contribution in [2.24, 2.45) is 0 Å². The van der Waals surface area contributed by atoms with Crippen LogP contribution in [0, 0.1) is 11.3 Å². The van der Waals surface area contributed by atoms with Crippen LogP contribution in [0.5, 0.6) is 0 Å². The maximum atomic E-state index is 12.0. The second-order valence-corrected chi connectivity index (χ2v) is 6.28. The Labute approximate surface area is 152 Å². The first-order chi connectivity index (χ1) is 12.1. The van der Waals surface area contributed by atoms with Gasteiger partial charge in [0.15, 0.2) is 0 Å². The second-order valence-electron chi connectivity index (χ2n) is 4.91. The number of benzene rings is 2. The van der Waals surface area contributed by atoms with E-state index in [0.717, 1.165) is 11.8 Å². The Kier molecular flexibility index (Phi) is 5.33. The van der Waals surface area contributed by atoms with E-state index in [9.17, 15) is 4.79 Å². The van der Waals surface area contributed by atoms with Crippen molar-refractivity contribution in [3.8, 4) is 17.5 Å². The van der Waals surface area contributed by atoms with Crippen LogP contribution in [0.15, 0.2) is 58.2 Å². The molecule has 1 aromatic heterocycles. The summed E-state index contributed by atoms with van der Waals surface area (Å²) < 4.78 is 5.52. The number of nitriles is 1. The molecule has 0 saturated carbocycles. The monoisotopic (exact) mass is 370 g/mol. The molecule has 1 amide bonds. The predicted molar refractivity (Wildman–Crippen MR) is 95.3 cm³/mol. The summed E-state index contributed by atoms with van der Waals surface area (Å²) in [5, 5.41) is 20.3. The van der Waals surface area contributed by atoms with Crippen LogP contribution < -0.4 is 5.32 Å². The average molecular weight is 371 g/mol. The zero-order valence-corrected chi connectivity index (χ0v) is 14.3. The van der Waals surface area contributed by atoms with Crippen molar-refractivity contribution in [3.05, 3.63) is 59.1 Å². The van der Waals surface area contributed by atoms with Gasteiger partial charge in [-0.2, -0.15) is 5.26 Å². The summed E-state index contributed by atoms with van der Waals surface area (Å²) in [6.45, 7) is 0. The van der Waals surface area contributed by atoms with E-state index in [1.165, 1.54) is 0 Å². The Morgan fingerprint density at radius 1 is 1.24 bits per heavy atom. The minimum absolute atomic E-state index is 0.105. The lowest BCUT2D eigenvalue weighted by Gasteiger charge is -2.03. The van der Waals surface area contributed by atoms with E-state index in [1.54, 1.807) is 42.5 Å². The van der Waals surface area contributed by atoms with Crippen LogP contribution in [0.1, 0.15) is 5.56 Å². The third-order valence-corrected chi connectivity index (χ3v) is 4.13. The first kappa shape index (κ1) is 17.0. The van der Waals surface area contributed by atoms with Crippen LogP contribution in [0.25, 0.3) is 11.5 Å². The van der Waals surface area contributed by atoms with Gasteiger partial charge in [-0.25, -0.2) is 0 Å². The zero-order valence-electron chi connectivity index (χ0n) is 12.8. The van der Waals surface area contributed by atoms with Crippen molar-refractivity contribution in [1.29, 1.82) is 5.26 Å². The first-order valence-electron chi connectivity index (χ1n) is 7.16. The lowest BCUT2D eigenvalue weighted by atomic mass is 10.2. The number of amides is 1. The van der Waals surface area contributed by atoms with Gasteiger partial charge in [-0.15, -0.1) is 10.2 Å². The van der Waals surface area contributed by atoms with Crippen LogP contribution >= 0.6 is 23.4 Å². The maximum Gasteiger partial charge on any atom is 0.277 e. The topological polar surface area (TPSA) is 91.8 Å².